The van der Waals surface area contributed by atoms with Crippen LogP contribution in [0.25, 0.3) is 0 Å². The molecule has 0 atom stereocenters. The number of hydrogen-bond donors (Lipinski definition) is 2. The Balaban J connectivity index is 2.12. The van der Waals surface area contributed by atoms with E-state index >= 15 is 0 Å². The van der Waals surface area contributed by atoms with Crippen molar-refractivity contribution in [3.05, 3.63) is 41.6 Å². The molecule has 2 aromatic rings. The van der Waals surface area contributed by atoms with Gasteiger partial charge in [0.2, 0.25) is 5.95 Å². The molecule has 6 heteroatoms. The van der Waals surface area contributed by atoms with Crippen LogP contribution in [-0.4, -0.2) is 15.0 Å². The molecule has 2 aromatic heterocycles. The predicted molar refractivity (Wildman–Crippen MR) is 62.7 cm³/mol. The van der Waals surface area contributed by atoms with Crippen LogP contribution in [0.3, 0.4) is 0 Å². The van der Waals surface area contributed by atoms with Crippen LogP contribution in [0.5, 0.6) is 0 Å². The predicted octanol–water partition coefficient (Wildman–Crippen LogP) is 1.51. The first-order chi connectivity index (χ1) is 8.16. The smallest absolute Gasteiger partial charge is 0.222 e. The summed E-state index contributed by atoms with van der Waals surface area (Å²) in [5.41, 5.74) is 7.25. The summed E-state index contributed by atoms with van der Waals surface area (Å²) in [6.45, 7) is 2.33. The second-order valence-corrected chi connectivity index (χ2v) is 3.55. The lowest BCUT2D eigenvalue weighted by atomic mass is 10.2. The van der Waals surface area contributed by atoms with Crippen molar-refractivity contribution in [2.24, 2.45) is 0 Å². The van der Waals surface area contributed by atoms with Crippen LogP contribution >= 0.6 is 0 Å². The topological polar surface area (TPSA) is 76.7 Å². The number of pyridine rings is 1. The quantitative estimate of drug-likeness (QED) is 0.840. The first-order valence-corrected chi connectivity index (χ1v) is 5.09. The normalized spacial score (nSPS) is 10.2. The Kier molecular flexibility index (Phi) is 3.13. The van der Waals surface area contributed by atoms with Gasteiger partial charge < -0.3 is 11.1 Å². The molecule has 2 rings (SSSR count). The molecule has 2 heterocycles. The maximum absolute atomic E-state index is 13.3. The van der Waals surface area contributed by atoms with Crippen molar-refractivity contribution in [3.63, 3.8) is 0 Å². The van der Waals surface area contributed by atoms with Crippen LogP contribution in [-0.2, 0) is 6.54 Å². The molecule has 0 bridgehead atoms. The summed E-state index contributed by atoms with van der Waals surface area (Å²) in [5.74, 6) is -0.415. The number of halogens is 1. The summed E-state index contributed by atoms with van der Waals surface area (Å²) in [6.07, 6.45) is 2.73. The van der Waals surface area contributed by atoms with E-state index < -0.39 is 5.82 Å². The molecule has 0 unspecified atom stereocenters. The Morgan fingerprint density at radius 3 is 3.00 bits per heavy atom. The Bertz CT molecular complexity index is 529. The van der Waals surface area contributed by atoms with Crippen LogP contribution in [0.1, 0.15) is 11.3 Å². The third-order valence-corrected chi connectivity index (χ3v) is 2.30. The van der Waals surface area contributed by atoms with Crippen LogP contribution in [0.4, 0.5) is 16.2 Å². The minimum absolute atomic E-state index is 0.0339. The maximum atomic E-state index is 13.3. The molecule has 0 radical (unpaired) electrons. The minimum Gasteiger partial charge on any atom is -0.368 e. The molecule has 0 fully saturated rings. The lowest BCUT2D eigenvalue weighted by Crippen LogP contribution is -2.08. The van der Waals surface area contributed by atoms with Gasteiger partial charge in [0.1, 0.15) is 0 Å². The van der Waals surface area contributed by atoms with Crippen LogP contribution in [0.15, 0.2) is 24.5 Å². The first-order valence-electron chi connectivity index (χ1n) is 5.09. The molecule has 0 aromatic carbocycles. The summed E-state index contributed by atoms with van der Waals surface area (Å²) < 4.78 is 13.3. The van der Waals surface area contributed by atoms with Gasteiger partial charge in [-0.25, -0.2) is 9.37 Å². The highest BCUT2D eigenvalue weighted by Crippen LogP contribution is 2.12. The van der Waals surface area contributed by atoms with E-state index in [0.29, 0.717) is 6.54 Å². The molecule has 5 nitrogen and oxygen atoms in total. The Morgan fingerprint density at radius 2 is 2.24 bits per heavy atom. The number of nitrogen functional groups attached to an aromatic ring is 1. The van der Waals surface area contributed by atoms with Gasteiger partial charge in [-0.15, -0.1) is 0 Å². The summed E-state index contributed by atoms with van der Waals surface area (Å²) >= 11 is 0. The van der Waals surface area contributed by atoms with Gasteiger partial charge in [0.15, 0.2) is 11.6 Å². The molecule has 0 saturated carbocycles. The van der Waals surface area contributed by atoms with Gasteiger partial charge in [0.05, 0.1) is 18.4 Å². The van der Waals surface area contributed by atoms with E-state index in [1.165, 1.54) is 0 Å². The number of hydrogen-bond acceptors (Lipinski definition) is 5. The molecule has 0 aliphatic heterocycles. The zero-order valence-corrected chi connectivity index (χ0v) is 9.31. The number of rotatable bonds is 3. The standard InChI is InChI=1S/C11H12FN5/c1-7-3-2-4-14-9(7)6-15-10-8(12)5-16-11(13)17-10/h2-5H,6H2,1H3,(H3,13,15,16,17). The molecular weight excluding hydrogens is 221 g/mol. The fourth-order valence-corrected chi connectivity index (χ4v) is 1.38. The summed E-state index contributed by atoms with van der Waals surface area (Å²) in [4.78, 5) is 11.5. The molecule has 0 aliphatic carbocycles. The maximum Gasteiger partial charge on any atom is 0.222 e. The van der Waals surface area contributed by atoms with Crippen molar-refractivity contribution in [3.8, 4) is 0 Å². The zero-order valence-electron chi connectivity index (χ0n) is 9.31. The molecule has 88 valence electrons. The van der Waals surface area contributed by atoms with Gasteiger partial charge >= 0.3 is 0 Å². The van der Waals surface area contributed by atoms with Crippen LogP contribution < -0.4 is 11.1 Å². The van der Waals surface area contributed by atoms with E-state index in [1.54, 1.807) is 6.20 Å². The van der Waals surface area contributed by atoms with E-state index in [1.807, 2.05) is 19.1 Å². The van der Waals surface area contributed by atoms with Gasteiger partial charge in [-0.2, -0.15) is 4.98 Å². The fourth-order valence-electron chi connectivity index (χ4n) is 1.38. The van der Waals surface area contributed by atoms with Gasteiger partial charge in [-0.3, -0.25) is 4.98 Å². The molecule has 3 N–H and O–H groups in total. The SMILES string of the molecule is Cc1cccnc1CNc1nc(N)ncc1F. The summed E-state index contributed by atoms with van der Waals surface area (Å²) in [7, 11) is 0. The van der Waals surface area contributed by atoms with Gasteiger partial charge in [-0.05, 0) is 18.6 Å². The van der Waals surface area contributed by atoms with E-state index in [-0.39, 0.29) is 11.8 Å². The number of aryl methyl sites for hydroxylation is 1. The molecular formula is C11H12FN5. The number of nitrogens with zero attached hydrogens (tertiary/aromatic N) is 3. The minimum atomic E-state index is -0.534. The third-order valence-electron chi connectivity index (χ3n) is 2.30. The first kappa shape index (κ1) is 11.3. The zero-order chi connectivity index (χ0) is 12.3. The highest BCUT2D eigenvalue weighted by molar-refractivity contribution is 5.39. The Labute approximate surface area is 97.9 Å². The Morgan fingerprint density at radius 1 is 1.41 bits per heavy atom. The molecule has 0 aliphatic rings. The van der Waals surface area contributed by atoms with Gasteiger partial charge in [0.25, 0.3) is 0 Å². The molecule has 0 saturated heterocycles. The highest BCUT2D eigenvalue weighted by Gasteiger charge is 2.06. The second-order valence-electron chi connectivity index (χ2n) is 3.55. The van der Waals surface area contributed by atoms with E-state index in [4.69, 9.17) is 5.73 Å². The van der Waals surface area contributed by atoms with Crippen LogP contribution in [0.2, 0.25) is 0 Å². The van der Waals surface area contributed by atoms with Crippen molar-refractivity contribution in [1.29, 1.82) is 0 Å². The van der Waals surface area contributed by atoms with Crippen molar-refractivity contribution in [2.75, 3.05) is 11.1 Å². The lowest BCUT2D eigenvalue weighted by molar-refractivity contribution is 0.617. The average molecular weight is 233 g/mol. The van der Waals surface area contributed by atoms with E-state index in [0.717, 1.165) is 17.5 Å². The van der Waals surface area contributed by atoms with E-state index in [2.05, 4.69) is 20.3 Å². The molecule has 0 spiro atoms. The number of nitrogens with two attached hydrogens (primary N) is 1. The molecule has 0 amide bonds. The number of aromatic nitrogens is 3. The van der Waals surface area contributed by atoms with Crippen LogP contribution in [0, 0.1) is 12.7 Å². The van der Waals surface area contributed by atoms with E-state index in [9.17, 15) is 4.39 Å². The summed E-state index contributed by atoms with van der Waals surface area (Å²) in [6, 6.07) is 3.79. The van der Waals surface area contributed by atoms with Crippen molar-refractivity contribution < 1.29 is 4.39 Å². The Hall–Kier alpha value is -2.24. The fraction of sp³-hybridized carbons (Fsp3) is 0.182. The monoisotopic (exact) mass is 233 g/mol. The lowest BCUT2D eigenvalue weighted by Gasteiger charge is -2.08. The number of nitrogens with one attached hydrogen (secondary N) is 1. The third kappa shape index (κ3) is 2.66. The van der Waals surface area contributed by atoms with Crippen molar-refractivity contribution in [1.82, 2.24) is 15.0 Å². The van der Waals surface area contributed by atoms with Gasteiger partial charge in [0, 0.05) is 6.20 Å². The molecule has 17 heavy (non-hydrogen) atoms. The largest absolute Gasteiger partial charge is 0.368 e. The number of anilines is 2. The van der Waals surface area contributed by atoms with Crippen molar-refractivity contribution >= 4 is 11.8 Å². The van der Waals surface area contributed by atoms with Crippen molar-refractivity contribution in [2.45, 2.75) is 13.5 Å². The van der Waals surface area contributed by atoms with Gasteiger partial charge in [-0.1, -0.05) is 6.07 Å². The summed E-state index contributed by atoms with van der Waals surface area (Å²) in [5, 5.41) is 2.84. The highest BCUT2D eigenvalue weighted by atomic mass is 19.1. The second kappa shape index (κ2) is 4.73. The average Bonchev–Trinajstić information content (AvgIpc) is 2.32.